The van der Waals surface area contributed by atoms with Crippen LogP contribution in [0.3, 0.4) is 0 Å². The van der Waals surface area contributed by atoms with E-state index in [4.69, 9.17) is 0 Å². The second-order valence-corrected chi connectivity index (χ2v) is 4.66. The third kappa shape index (κ3) is 3.68. The highest BCUT2D eigenvalue weighted by Crippen LogP contribution is 2.11. The Morgan fingerprint density at radius 3 is 2.85 bits per heavy atom. The molecule has 2 rings (SSSR count). The van der Waals surface area contributed by atoms with Crippen molar-refractivity contribution in [2.24, 2.45) is 0 Å². The molecule has 20 heavy (non-hydrogen) atoms. The Balaban J connectivity index is 1.88. The number of hydrogen-bond acceptors (Lipinski definition) is 3. The van der Waals surface area contributed by atoms with Crippen molar-refractivity contribution in [1.29, 1.82) is 0 Å². The molecule has 0 saturated carbocycles. The molecule has 0 aliphatic heterocycles. The van der Waals surface area contributed by atoms with Crippen LogP contribution in [0.1, 0.15) is 41.2 Å². The summed E-state index contributed by atoms with van der Waals surface area (Å²) in [6.45, 7) is 2.23. The first kappa shape index (κ1) is 14.3. The molecule has 0 saturated heterocycles. The summed E-state index contributed by atoms with van der Waals surface area (Å²) in [6.07, 6.45) is 1.15. The van der Waals surface area contributed by atoms with E-state index in [0.717, 1.165) is 24.1 Å². The molecular weight excluding hydrogens is 254 g/mol. The molecule has 1 amide bonds. The minimum atomic E-state index is -0.714. The van der Waals surface area contributed by atoms with Crippen LogP contribution in [0.2, 0.25) is 0 Å². The fourth-order valence-corrected chi connectivity index (χ4v) is 1.95. The number of aromatic amines is 1. The number of nitrogens with zero attached hydrogens (tertiary/aromatic N) is 1. The first-order valence-corrected chi connectivity index (χ1v) is 6.76. The predicted molar refractivity (Wildman–Crippen MR) is 76.3 cm³/mol. The molecule has 1 aromatic carbocycles. The normalized spacial score (nSPS) is 12.1. The third-order valence-electron chi connectivity index (χ3n) is 3.02. The van der Waals surface area contributed by atoms with Crippen molar-refractivity contribution < 1.29 is 9.90 Å². The number of carbonyl (C=O) groups is 1. The lowest BCUT2D eigenvalue weighted by Gasteiger charge is -2.11. The van der Waals surface area contributed by atoms with Gasteiger partial charge in [0.2, 0.25) is 0 Å². The summed E-state index contributed by atoms with van der Waals surface area (Å²) in [4.78, 5) is 11.9. The average Bonchev–Trinajstić information content (AvgIpc) is 2.94. The molecule has 5 nitrogen and oxygen atoms in total. The Kier molecular flexibility index (Phi) is 4.90. The highest BCUT2D eigenvalue weighted by Gasteiger charge is 2.13. The highest BCUT2D eigenvalue weighted by atomic mass is 16.3. The van der Waals surface area contributed by atoms with Crippen LogP contribution in [0, 0.1) is 0 Å². The number of nitrogens with one attached hydrogen (secondary N) is 2. The predicted octanol–water partition coefficient (Wildman–Crippen LogP) is 1.83. The molecule has 5 heteroatoms. The second kappa shape index (κ2) is 6.86. The van der Waals surface area contributed by atoms with Crippen LogP contribution in [0.25, 0.3) is 0 Å². The van der Waals surface area contributed by atoms with Gasteiger partial charge < -0.3 is 10.4 Å². The van der Waals surface area contributed by atoms with E-state index in [-0.39, 0.29) is 12.5 Å². The first-order chi connectivity index (χ1) is 9.70. The third-order valence-corrected chi connectivity index (χ3v) is 3.02. The van der Waals surface area contributed by atoms with Gasteiger partial charge in [0.1, 0.15) is 5.69 Å². The van der Waals surface area contributed by atoms with Gasteiger partial charge in [-0.1, -0.05) is 43.7 Å². The van der Waals surface area contributed by atoms with Gasteiger partial charge in [0.05, 0.1) is 6.10 Å². The quantitative estimate of drug-likeness (QED) is 0.751. The maximum Gasteiger partial charge on any atom is 0.271 e. The van der Waals surface area contributed by atoms with Crippen molar-refractivity contribution in [2.75, 3.05) is 6.54 Å². The summed E-state index contributed by atoms with van der Waals surface area (Å²) in [5.74, 6) is -0.279. The van der Waals surface area contributed by atoms with Crippen LogP contribution < -0.4 is 5.32 Å². The number of aliphatic hydroxyl groups excluding tert-OH is 1. The number of H-pyrrole nitrogens is 1. The van der Waals surface area contributed by atoms with Crippen LogP contribution in [-0.4, -0.2) is 27.8 Å². The summed E-state index contributed by atoms with van der Waals surface area (Å²) >= 11 is 0. The fraction of sp³-hybridized carbons (Fsp3) is 0.333. The first-order valence-electron chi connectivity index (χ1n) is 6.76. The maximum atomic E-state index is 11.9. The SMILES string of the molecule is CCCc1cc(C(=O)NC[C@H](O)c2ccccc2)n[nH]1. The molecular formula is C15H19N3O2. The summed E-state index contributed by atoms with van der Waals surface area (Å²) in [6, 6.07) is 11.0. The van der Waals surface area contributed by atoms with E-state index < -0.39 is 6.10 Å². The number of rotatable bonds is 6. The highest BCUT2D eigenvalue weighted by molar-refractivity contribution is 5.92. The number of amides is 1. The van der Waals surface area contributed by atoms with Crippen molar-refractivity contribution in [3.63, 3.8) is 0 Å². The molecule has 0 radical (unpaired) electrons. The number of aliphatic hydroxyl groups is 1. The minimum Gasteiger partial charge on any atom is -0.387 e. The standard InChI is InChI=1S/C15H19N3O2/c1-2-6-12-9-13(18-17-12)15(20)16-10-14(19)11-7-4-3-5-8-11/h3-5,7-9,14,19H,2,6,10H2,1H3,(H,16,20)(H,17,18)/t14-/m0/s1. The molecule has 106 valence electrons. The molecule has 0 aliphatic carbocycles. The van der Waals surface area contributed by atoms with Crippen LogP contribution in [0.5, 0.6) is 0 Å². The van der Waals surface area contributed by atoms with E-state index >= 15 is 0 Å². The zero-order valence-corrected chi connectivity index (χ0v) is 11.5. The number of hydrogen-bond donors (Lipinski definition) is 3. The minimum absolute atomic E-state index is 0.165. The van der Waals surface area contributed by atoms with Crippen LogP contribution in [0.4, 0.5) is 0 Å². The Bertz CT molecular complexity index is 551. The average molecular weight is 273 g/mol. The topological polar surface area (TPSA) is 78.0 Å². The Morgan fingerprint density at radius 1 is 1.40 bits per heavy atom. The summed E-state index contributed by atoms with van der Waals surface area (Å²) in [7, 11) is 0. The molecule has 3 N–H and O–H groups in total. The van der Waals surface area contributed by atoms with Crippen molar-refractivity contribution in [3.05, 3.63) is 53.3 Å². The molecule has 0 aliphatic rings. The van der Waals surface area contributed by atoms with E-state index in [9.17, 15) is 9.90 Å². The van der Waals surface area contributed by atoms with Gasteiger partial charge in [-0.3, -0.25) is 9.89 Å². The largest absolute Gasteiger partial charge is 0.387 e. The lowest BCUT2D eigenvalue weighted by Crippen LogP contribution is -2.28. The van der Waals surface area contributed by atoms with Crippen LogP contribution in [0.15, 0.2) is 36.4 Å². The van der Waals surface area contributed by atoms with Crippen molar-refractivity contribution >= 4 is 5.91 Å². The fourth-order valence-electron chi connectivity index (χ4n) is 1.95. The van der Waals surface area contributed by atoms with Gasteiger partial charge in [0.15, 0.2) is 0 Å². The molecule has 1 atom stereocenters. The van der Waals surface area contributed by atoms with E-state index in [0.29, 0.717) is 5.69 Å². The molecule has 1 aromatic heterocycles. The molecule has 1 heterocycles. The second-order valence-electron chi connectivity index (χ2n) is 4.66. The summed E-state index contributed by atoms with van der Waals surface area (Å²) < 4.78 is 0. The Morgan fingerprint density at radius 2 is 2.15 bits per heavy atom. The summed E-state index contributed by atoms with van der Waals surface area (Å²) in [5.41, 5.74) is 2.08. The molecule has 2 aromatic rings. The smallest absolute Gasteiger partial charge is 0.271 e. The molecule has 0 unspecified atom stereocenters. The van der Waals surface area contributed by atoms with Gasteiger partial charge in [0.25, 0.3) is 5.91 Å². The molecule has 0 spiro atoms. The Hall–Kier alpha value is -2.14. The zero-order chi connectivity index (χ0) is 14.4. The van der Waals surface area contributed by atoms with Gasteiger partial charge in [-0.25, -0.2) is 0 Å². The Labute approximate surface area is 118 Å². The van der Waals surface area contributed by atoms with Gasteiger partial charge in [0, 0.05) is 12.2 Å². The van der Waals surface area contributed by atoms with Crippen LogP contribution >= 0.6 is 0 Å². The van der Waals surface area contributed by atoms with E-state index in [1.807, 2.05) is 30.3 Å². The van der Waals surface area contributed by atoms with Crippen molar-refractivity contribution in [2.45, 2.75) is 25.9 Å². The van der Waals surface area contributed by atoms with Gasteiger partial charge in [-0.15, -0.1) is 0 Å². The van der Waals surface area contributed by atoms with Gasteiger partial charge >= 0.3 is 0 Å². The zero-order valence-electron chi connectivity index (χ0n) is 11.5. The number of benzene rings is 1. The van der Waals surface area contributed by atoms with E-state index in [1.165, 1.54) is 0 Å². The monoisotopic (exact) mass is 273 g/mol. The van der Waals surface area contributed by atoms with Gasteiger partial charge in [-0.05, 0) is 18.1 Å². The van der Waals surface area contributed by atoms with E-state index in [1.54, 1.807) is 6.07 Å². The van der Waals surface area contributed by atoms with Gasteiger partial charge in [-0.2, -0.15) is 5.10 Å². The lowest BCUT2D eigenvalue weighted by molar-refractivity contribution is 0.0911. The molecule has 0 fully saturated rings. The lowest BCUT2D eigenvalue weighted by atomic mass is 10.1. The van der Waals surface area contributed by atoms with Crippen molar-refractivity contribution in [3.8, 4) is 0 Å². The van der Waals surface area contributed by atoms with Crippen LogP contribution in [-0.2, 0) is 6.42 Å². The number of carbonyl (C=O) groups excluding carboxylic acids is 1. The number of aryl methyl sites for hydroxylation is 1. The van der Waals surface area contributed by atoms with E-state index in [2.05, 4.69) is 22.4 Å². The number of aromatic nitrogens is 2. The molecule has 0 bridgehead atoms. The van der Waals surface area contributed by atoms with Crippen molar-refractivity contribution in [1.82, 2.24) is 15.5 Å². The summed E-state index contributed by atoms with van der Waals surface area (Å²) in [5, 5.41) is 19.4. The maximum absolute atomic E-state index is 11.9.